The molecule has 0 aromatic heterocycles. The Balaban J connectivity index is 2.21. The van der Waals surface area contributed by atoms with Crippen LogP contribution in [0.25, 0.3) is 11.1 Å². The van der Waals surface area contributed by atoms with Gasteiger partial charge in [0, 0.05) is 11.1 Å². The van der Waals surface area contributed by atoms with Gasteiger partial charge in [0.25, 0.3) is 0 Å². The van der Waals surface area contributed by atoms with Gasteiger partial charge in [-0.15, -0.1) is 0 Å². The molecule has 0 nitrogen and oxygen atoms in total. The van der Waals surface area contributed by atoms with E-state index in [0.717, 1.165) is 42.4 Å². The largest absolute Gasteiger partial charge is 0.206 e. The molecule has 0 saturated carbocycles. The number of rotatable bonds is 2. The molecule has 0 N–H and O–H groups in total. The Kier molecular flexibility index (Phi) is 3.09. The Morgan fingerprint density at radius 3 is 2.47 bits per heavy atom. The first-order valence-corrected chi connectivity index (χ1v) is 6.79. The highest BCUT2D eigenvalue weighted by atomic mass is 19.1. The average Bonchev–Trinajstić information content (AvgIpc) is 2.39. The number of aryl methyl sites for hydroxylation is 3. The molecule has 98 valence electrons. The van der Waals surface area contributed by atoms with Crippen LogP contribution in [0.5, 0.6) is 0 Å². The van der Waals surface area contributed by atoms with Crippen molar-refractivity contribution in [2.45, 2.75) is 32.6 Å². The van der Waals surface area contributed by atoms with E-state index in [4.69, 9.17) is 0 Å². The van der Waals surface area contributed by atoms with E-state index in [-0.39, 0.29) is 11.6 Å². The summed E-state index contributed by atoms with van der Waals surface area (Å²) in [5, 5.41) is 0. The summed E-state index contributed by atoms with van der Waals surface area (Å²) in [7, 11) is 0. The molecule has 3 rings (SSSR count). The maximum atomic E-state index is 14.3. The lowest BCUT2D eigenvalue weighted by Gasteiger charge is -2.21. The highest BCUT2D eigenvalue weighted by Crippen LogP contribution is 2.37. The van der Waals surface area contributed by atoms with Gasteiger partial charge in [-0.25, -0.2) is 8.78 Å². The van der Waals surface area contributed by atoms with E-state index in [1.54, 1.807) is 12.1 Å². The first-order valence-electron chi connectivity index (χ1n) is 6.79. The highest BCUT2D eigenvalue weighted by Gasteiger charge is 2.23. The molecule has 0 saturated heterocycles. The molecule has 0 unspecified atom stereocenters. The fourth-order valence-corrected chi connectivity index (χ4v) is 2.96. The molecule has 2 heteroatoms. The van der Waals surface area contributed by atoms with Gasteiger partial charge in [0.05, 0.1) is 0 Å². The minimum Gasteiger partial charge on any atom is -0.206 e. The predicted molar refractivity (Wildman–Crippen MR) is 73.2 cm³/mol. The molecule has 1 aliphatic rings. The van der Waals surface area contributed by atoms with Gasteiger partial charge in [-0.3, -0.25) is 0 Å². The topological polar surface area (TPSA) is 0 Å². The second-order valence-corrected chi connectivity index (χ2v) is 5.14. The molecule has 0 amide bonds. The number of benzene rings is 2. The third kappa shape index (κ3) is 2.05. The zero-order valence-electron chi connectivity index (χ0n) is 11.0. The van der Waals surface area contributed by atoms with Crippen LogP contribution in [-0.4, -0.2) is 0 Å². The first kappa shape index (κ1) is 12.3. The lowest BCUT2D eigenvalue weighted by molar-refractivity contribution is 0.607. The number of halogens is 2. The third-order valence-electron chi connectivity index (χ3n) is 3.78. The molecule has 2 aromatic carbocycles. The van der Waals surface area contributed by atoms with Gasteiger partial charge >= 0.3 is 0 Å². The van der Waals surface area contributed by atoms with Crippen molar-refractivity contribution >= 4 is 0 Å². The Hall–Kier alpha value is -1.70. The molecular weight excluding hydrogens is 242 g/mol. The second-order valence-electron chi connectivity index (χ2n) is 5.14. The van der Waals surface area contributed by atoms with E-state index in [1.165, 1.54) is 6.07 Å². The molecule has 2 aromatic rings. The van der Waals surface area contributed by atoms with Gasteiger partial charge in [-0.1, -0.05) is 31.5 Å². The summed E-state index contributed by atoms with van der Waals surface area (Å²) in [6.07, 6.45) is 3.44. The van der Waals surface area contributed by atoms with Gasteiger partial charge < -0.3 is 0 Å². The lowest BCUT2D eigenvalue weighted by Crippen LogP contribution is -2.08. The summed E-state index contributed by atoms with van der Waals surface area (Å²) in [6.45, 7) is 2.08. The van der Waals surface area contributed by atoms with Crippen molar-refractivity contribution in [3.63, 3.8) is 0 Å². The molecule has 0 fully saturated rings. The van der Waals surface area contributed by atoms with E-state index in [0.29, 0.717) is 11.1 Å². The fourth-order valence-electron chi connectivity index (χ4n) is 2.96. The Labute approximate surface area is 112 Å². The van der Waals surface area contributed by atoms with Crippen LogP contribution in [0.2, 0.25) is 0 Å². The van der Waals surface area contributed by atoms with Crippen LogP contribution in [0.15, 0.2) is 30.3 Å². The van der Waals surface area contributed by atoms with Crippen LogP contribution in [-0.2, 0) is 19.3 Å². The Morgan fingerprint density at radius 1 is 0.947 bits per heavy atom. The molecule has 0 aliphatic heterocycles. The van der Waals surface area contributed by atoms with E-state index in [1.807, 2.05) is 12.1 Å². The minimum atomic E-state index is -0.319. The van der Waals surface area contributed by atoms with Crippen molar-refractivity contribution in [1.82, 2.24) is 0 Å². The third-order valence-corrected chi connectivity index (χ3v) is 3.78. The van der Waals surface area contributed by atoms with Gasteiger partial charge in [-0.2, -0.15) is 0 Å². The van der Waals surface area contributed by atoms with E-state index in [9.17, 15) is 8.78 Å². The molecule has 0 bridgehead atoms. The van der Waals surface area contributed by atoms with E-state index < -0.39 is 0 Å². The van der Waals surface area contributed by atoms with Gasteiger partial charge in [0.2, 0.25) is 0 Å². The van der Waals surface area contributed by atoms with Crippen LogP contribution in [0.4, 0.5) is 8.78 Å². The highest BCUT2D eigenvalue weighted by molar-refractivity contribution is 5.74. The molecular formula is C17H16F2. The zero-order chi connectivity index (χ0) is 13.4. The zero-order valence-corrected chi connectivity index (χ0v) is 11.0. The molecule has 0 radical (unpaired) electrons. The quantitative estimate of drug-likeness (QED) is 0.733. The molecule has 1 aliphatic carbocycles. The van der Waals surface area contributed by atoms with Crippen LogP contribution in [0.3, 0.4) is 0 Å². The summed E-state index contributed by atoms with van der Waals surface area (Å²) >= 11 is 0. The van der Waals surface area contributed by atoms with Gasteiger partial charge in [-0.05, 0) is 48.1 Å². The second kappa shape index (κ2) is 4.76. The molecule has 0 heterocycles. The summed E-state index contributed by atoms with van der Waals surface area (Å²) in [6, 6.07) is 8.59. The smallest absolute Gasteiger partial charge is 0.131 e. The number of hydrogen-bond donors (Lipinski definition) is 0. The Morgan fingerprint density at radius 2 is 1.68 bits per heavy atom. The Bertz CT molecular complexity index is 629. The molecule has 0 spiro atoms. The van der Waals surface area contributed by atoms with Crippen molar-refractivity contribution in [3.05, 3.63) is 58.7 Å². The lowest BCUT2D eigenvalue weighted by atomic mass is 9.84. The van der Waals surface area contributed by atoms with Crippen molar-refractivity contribution < 1.29 is 8.78 Å². The van der Waals surface area contributed by atoms with Gasteiger partial charge in [0.1, 0.15) is 11.6 Å². The summed E-state index contributed by atoms with van der Waals surface area (Å²) < 4.78 is 28.4. The molecule has 19 heavy (non-hydrogen) atoms. The van der Waals surface area contributed by atoms with Crippen molar-refractivity contribution in [3.8, 4) is 11.1 Å². The minimum absolute atomic E-state index is 0.285. The van der Waals surface area contributed by atoms with Crippen LogP contribution in [0, 0.1) is 11.6 Å². The van der Waals surface area contributed by atoms with Crippen LogP contribution < -0.4 is 0 Å². The van der Waals surface area contributed by atoms with Crippen molar-refractivity contribution in [1.29, 1.82) is 0 Å². The van der Waals surface area contributed by atoms with E-state index in [2.05, 4.69) is 6.92 Å². The predicted octanol–water partition coefficient (Wildman–Crippen LogP) is 4.68. The van der Waals surface area contributed by atoms with Crippen molar-refractivity contribution in [2.24, 2.45) is 0 Å². The SMILES string of the molecule is CCCc1cc(F)c2c(c1)CCc1cccc(F)c1-2. The average molecular weight is 258 g/mol. The van der Waals surface area contributed by atoms with E-state index >= 15 is 0 Å². The van der Waals surface area contributed by atoms with Gasteiger partial charge in [0.15, 0.2) is 0 Å². The summed E-state index contributed by atoms with van der Waals surface area (Å²) in [5.41, 5.74) is 3.80. The maximum Gasteiger partial charge on any atom is 0.131 e. The maximum absolute atomic E-state index is 14.3. The standard InChI is InChI=1S/C17H16F2/c1-2-4-11-9-13-8-7-12-5-3-6-14(18)16(12)17(13)15(19)10-11/h3,5-6,9-10H,2,4,7-8H2,1H3. The van der Waals surface area contributed by atoms with Crippen LogP contribution >= 0.6 is 0 Å². The van der Waals surface area contributed by atoms with Crippen molar-refractivity contribution in [2.75, 3.05) is 0 Å². The monoisotopic (exact) mass is 258 g/mol. The number of fused-ring (bicyclic) bond motifs is 3. The van der Waals surface area contributed by atoms with Crippen LogP contribution in [0.1, 0.15) is 30.0 Å². The number of hydrogen-bond acceptors (Lipinski definition) is 0. The summed E-state index contributed by atoms with van der Waals surface area (Å²) in [5.74, 6) is -0.604. The summed E-state index contributed by atoms with van der Waals surface area (Å²) in [4.78, 5) is 0. The first-order chi connectivity index (χ1) is 9.20. The fraction of sp³-hybridized carbons (Fsp3) is 0.294. The normalized spacial score (nSPS) is 13.0. The molecule has 0 atom stereocenters.